The number of likely N-dealkylation sites (tertiary alicyclic amines) is 1. The number of carbonyl (C=O) groups excluding carboxylic acids is 1. The molecule has 0 saturated carbocycles. The maximum atomic E-state index is 13.0. The van der Waals surface area contributed by atoms with Crippen LogP contribution < -0.4 is 5.73 Å². The van der Waals surface area contributed by atoms with Crippen molar-refractivity contribution in [1.82, 2.24) is 14.2 Å². The normalized spacial score (nSPS) is 21.7. The molecule has 3 saturated heterocycles. The van der Waals surface area contributed by atoms with Crippen molar-refractivity contribution in [2.75, 3.05) is 45.4 Å². The topological polar surface area (TPSA) is 52.3 Å². The molecule has 5 nitrogen and oxygen atoms in total. The molecule has 0 radical (unpaired) electrons. The maximum Gasteiger partial charge on any atom is 0.253 e. The third-order valence-electron chi connectivity index (χ3n) is 7.33. The summed E-state index contributed by atoms with van der Waals surface area (Å²) < 4.78 is 5.20. The summed E-state index contributed by atoms with van der Waals surface area (Å²) in [6, 6.07) is 8.13. The molecule has 3 fully saturated rings. The third-order valence-corrected chi connectivity index (χ3v) is 11.2. The van der Waals surface area contributed by atoms with E-state index in [-0.39, 0.29) is 5.91 Å². The number of hydrogen-bond acceptors (Lipinski definition) is 4. The third kappa shape index (κ3) is 5.37. The largest absolute Gasteiger partial charge is 0.399 e. The van der Waals surface area contributed by atoms with E-state index in [4.69, 9.17) is 12.0 Å². The van der Waals surface area contributed by atoms with Crippen molar-refractivity contribution < 1.29 is 4.79 Å². The Morgan fingerprint density at radius 1 is 1.03 bits per heavy atom. The van der Waals surface area contributed by atoms with Gasteiger partial charge in [0.05, 0.1) is 0 Å². The lowest BCUT2D eigenvalue weighted by atomic mass is 9.98. The Morgan fingerprint density at radius 3 is 2.45 bits per heavy atom. The summed E-state index contributed by atoms with van der Waals surface area (Å²) in [5.41, 5.74) is 11.8. The molecule has 0 aromatic heterocycles. The fourth-order valence-corrected chi connectivity index (χ4v) is 8.33. The zero-order chi connectivity index (χ0) is 22.8. The van der Waals surface area contributed by atoms with Gasteiger partial charge in [0.25, 0.3) is 5.91 Å². The lowest BCUT2D eigenvalue weighted by Gasteiger charge is -2.27. The fourth-order valence-electron chi connectivity index (χ4n) is 5.09. The van der Waals surface area contributed by atoms with Crippen LogP contribution in [0.3, 0.4) is 0 Å². The van der Waals surface area contributed by atoms with E-state index in [9.17, 15) is 4.79 Å². The van der Waals surface area contributed by atoms with Gasteiger partial charge in [-0.15, -0.1) is 0 Å². The SMILES string of the molecule is C=P(CCC1=CC(Cc2cccc(C(=O)N3CCCCC3)c2)=C(N)C=CC1)(N1CC1)N1CC1. The first-order chi connectivity index (χ1) is 16.0. The highest BCUT2D eigenvalue weighted by Gasteiger charge is 2.40. The zero-order valence-electron chi connectivity index (χ0n) is 19.7. The first-order valence-corrected chi connectivity index (χ1v) is 14.6. The van der Waals surface area contributed by atoms with Gasteiger partial charge in [-0.05, 0) is 74.0 Å². The monoisotopic (exact) mass is 464 g/mol. The van der Waals surface area contributed by atoms with Gasteiger partial charge in [-0.1, -0.05) is 36.2 Å². The molecule has 0 unspecified atom stereocenters. The van der Waals surface area contributed by atoms with Crippen LogP contribution in [0.15, 0.2) is 59.3 Å². The van der Waals surface area contributed by atoms with Crippen LogP contribution in [-0.2, 0) is 6.42 Å². The molecule has 176 valence electrons. The Labute approximate surface area is 198 Å². The number of hydrogen-bond donors (Lipinski definition) is 1. The molecule has 6 heteroatoms. The van der Waals surface area contributed by atoms with E-state index < -0.39 is 7.19 Å². The van der Waals surface area contributed by atoms with Crippen molar-refractivity contribution in [2.24, 2.45) is 5.73 Å². The van der Waals surface area contributed by atoms with Crippen molar-refractivity contribution in [3.8, 4) is 0 Å². The Bertz CT molecular complexity index is 1030. The molecule has 3 aliphatic heterocycles. The van der Waals surface area contributed by atoms with Crippen molar-refractivity contribution in [1.29, 1.82) is 0 Å². The van der Waals surface area contributed by atoms with Gasteiger partial charge in [0, 0.05) is 57.7 Å². The Hall–Kier alpha value is -2.07. The molecule has 0 spiro atoms. The van der Waals surface area contributed by atoms with E-state index in [1.807, 2.05) is 17.0 Å². The molecular formula is C27H37N4OP. The number of carbonyl (C=O) groups is 1. The smallest absolute Gasteiger partial charge is 0.253 e. The molecule has 3 heterocycles. The average molecular weight is 465 g/mol. The number of benzene rings is 1. The van der Waals surface area contributed by atoms with Gasteiger partial charge >= 0.3 is 0 Å². The van der Waals surface area contributed by atoms with Crippen molar-refractivity contribution in [3.63, 3.8) is 0 Å². The van der Waals surface area contributed by atoms with Crippen LogP contribution in [0.1, 0.15) is 48.0 Å². The highest BCUT2D eigenvalue weighted by Crippen LogP contribution is 2.60. The summed E-state index contributed by atoms with van der Waals surface area (Å²) in [6.45, 7) is 6.63. The van der Waals surface area contributed by atoms with Gasteiger partial charge in [0.1, 0.15) is 0 Å². The Morgan fingerprint density at radius 2 is 1.76 bits per heavy atom. The number of allylic oxidation sites excluding steroid dienone is 5. The van der Waals surface area contributed by atoms with Crippen LogP contribution in [0, 0.1) is 0 Å². The van der Waals surface area contributed by atoms with E-state index in [0.29, 0.717) is 0 Å². The van der Waals surface area contributed by atoms with E-state index in [1.54, 1.807) is 0 Å². The predicted molar refractivity (Wildman–Crippen MR) is 140 cm³/mol. The number of nitrogens with two attached hydrogens (primary N) is 1. The summed E-state index contributed by atoms with van der Waals surface area (Å²) >= 11 is 0. The number of amides is 1. The molecule has 4 aliphatic rings. The van der Waals surface area contributed by atoms with E-state index >= 15 is 0 Å². The van der Waals surface area contributed by atoms with E-state index in [0.717, 1.165) is 67.6 Å². The minimum atomic E-state index is -1.34. The van der Waals surface area contributed by atoms with Crippen LogP contribution in [0.5, 0.6) is 0 Å². The van der Waals surface area contributed by atoms with Gasteiger partial charge in [-0.2, -0.15) is 0 Å². The Balaban J connectivity index is 1.29. The van der Waals surface area contributed by atoms with Crippen molar-refractivity contribution in [2.45, 2.75) is 38.5 Å². The van der Waals surface area contributed by atoms with E-state index in [1.165, 1.54) is 44.3 Å². The van der Waals surface area contributed by atoms with Gasteiger partial charge in [-0.25, -0.2) is 0 Å². The Kier molecular flexibility index (Phi) is 6.65. The first kappa shape index (κ1) is 22.7. The minimum absolute atomic E-state index is 0.163. The highest BCUT2D eigenvalue weighted by atomic mass is 31.2. The quantitative estimate of drug-likeness (QED) is 0.462. The summed E-state index contributed by atoms with van der Waals surface area (Å²) in [5.74, 6) is 0.163. The summed E-state index contributed by atoms with van der Waals surface area (Å²) in [4.78, 5) is 15.0. The molecule has 33 heavy (non-hydrogen) atoms. The molecule has 1 aliphatic carbocycles. The van der Waals surface area contributed by atoms with Gasteiger partial charge in [-0.3, -0.25) is 14.1 Å². The minimum Gasteiger partial charge on any atom is -0.399 e. The molecule has 0 bridgehead atoms. The second-order valence-corrected chi connectivity index (χ2v) is 13.2. The standard InChI is InChI=1S/C27H37N4OP/c1-33(30-14-15-30,31-16-17-31)18-11-22-7-6-10-26(28)25(19-22)21-23-8-5-9-24(20-23)27(32)29-12-3-2-4-13-29/h5-6,8-10,19-20H,1-4,7,11-18,21,28H2. The van der Waals surface area contributed by atoms with Crippen LogP contribution in [0.2, 0.25) is 0 Å². The maximum absolute atomic E-state index is 13.0. The molecule has 5 rings (SSSR count). The van der Waals surface area contributed by atoms with Gasteiger partial charge in [0.2, 0.25) is 0 Å². The average Bonchev–Trinajstić information content (AvgIpc) is 3.73. The molecule has 2 N–H and O–H groups in total. The van der Waals surface area contributed by atoms with Crippen molar-refractivity contribution >= 4 is 19.4 Å². The summed E-state index contributed by atoms with van der Waals surface area (Å²) in [5, 5.41) is 0. The van der Waals surface area contributed by atoms with Crippen LogP contribution in [0.25, 0.3) is 0 Å². The first-order valence-electron chi connectivity index (χ1n) is 12.5. The second kappa shape index (κ2) is 9.66. The van der Waals surface area contributed by atoms with Crippen LogP contribution >= 0.6 is 7.19 Å². The highest BCUT2D eigenvalue weighted by molar-refractivity contribution is 7.69. The fraction of sp³-hybridized carbons (Fsp3) is 0.481. The number of piperidine rings is 1. The molecular weight excluding hydrogens is 427 g/mol. The zero-order valence-corrected chi connectivity index (χ0v) is 20.6. The lowest BCUT2D eigenvalue weighted by molar-refractivity contribution is 0.0724. The molecule has 0 atom stereocenters. The second-order valence-electron chi connectivity index (χ2n) is 9.88. The lowest BCUT2D eigenvalue weighted by Crippen LogP contribution is -2.35. The van der Waals surface area contributed by atoms with Gasteiger partial charge in [0.15, 0.2) is 0 Å². The van der Waals surface area contributed by atoms with Crippen LogP contribution in [-0.4, -0.2) is 71.9 Å². The molecule has 1 aromatic carbocycles. The number of rotatable bonds is 8. The summed E-state index contributed by atoms with van der Waals surface area (Å²) in [6.07, 6.45) is 18.7. The summed E-state index contributed by atoms with van der Waals surface area (Å²) in [7, 11) is -1.34. The van der Waals surface area contributed by atoms with Crippen LogP contribution in [0.4, 0.5) is 0 Å². The van der Waals surface area contributed by atoms with E-state index in [2.05, 4.69) is 39.7 Å². The number of nitrogens with zero attached hydrogens (tertiary/aromatic N) is 3. The van der Waals surface area contributed by atoms with Gasteiger partial charge < -0.3 is 10.6 Å². The molecule has 1 amide bonds. The molecule has 1 aromatic rings. The predicted octanol–water partition coefficient (Wildman–Crippen LogP) is 4.26. The van der Waals surface area contributed by atoms with Crippen molar-refractivity contribution in [3.05, 3.63) is 70.5 Å².